The molecule has 3 N–H and O–H groups in total. The first-order valence-corrected chi connectivity index (χ1v) is 12.5. The van der Waals surface area contributed by atoms with Crippen LogP contribution < -0.4 is 10.2 Å². The molecule has 1 amide bonds. The van der Waals surface area contributed by atoms with Crippen molar-refractivity contribution in [3.05, 3.63) is 76.8 Å². The highest BCUT2D eigenvalue weighted by Crippen LogP contribution is 2.63. The van der Waals surface area contributed by atoms with Crippen molar-refractivity contribution in [3.63, 3.8) is 0 Å². The summed E-state index contributed by atoms with van der Waals surface area (Å²) in [5.41, 5.74) is 3.21. The molecule has 9 heteroatoms. The zero-order valence-electron chi connectivity index (χ0n) is 16.2. The Bertz CT molecular complexity index is 1270. The number of benzene rings is 2. The molecule has 0 radical (unpaired) electrons. The Labute approximate surface area is 188 Å². The fraction of sp³-hybridized carbons (Fsp3) is 0.227. The number of sulfonamides is 1. The summed E-state index contributed by atoms with van der Waals surface area (Å²) in [7, 11) is -4.00. The molecule has 160 valence electrons. The van der Waals surface area contributed by atoms with E-state index in [2.05, 4.69) is 4.72 Å². The summed E-state index contributed by atoms with van der Waals surface area (Å²) >= 11 is 7.05. The van der Waals surface area contributed by atoms with E-state index in [1.165, 1.54) is 6.07 Å². The zero-order valence-corrected chi connectivity index (χ0v) is 18.6. The predicted octanol–water partition coefficient (Wildman–Crippen LogP) is 3.95. The molecule has 0 saturated heterocycles. The van der Waals surface area contributed by atoms with Crippen molar-refractivity contribution >= 4 is 38.9 Å². The minimum absolute atomic E-state index is 0.111. The van der Waals surface area contributed by atoms with Crippen LogP contribution in [-0.4, -0.2) is 25.1 Å². The summed E-state index contributed by atoms with van der Waals surface area (Å²) in [5, 5.41) is 10.0. The highest BCUT2D eigenvalue weighted by molar-refractivity contribution is 7.91. The van der Waals surface area contributed by atoms with E-state index < -0.39 is 21.5 Å². The third-order valence-corrected chi connectivity index (χ3v) is 9.60. The zero-order chi connectivity index (χ0) is 21.8. The number of hydrogen-bond donors (Lipinski definition) is 3. The second-order valence-electron chi connectivity index (χ2n) is 7.86. The van der Waals surface area contributed by atoms with Gasteiger partial charge in [-0.05, 0) is 59.7 Å². The van der Waals surface area contributed by atoms with Crippen LogP contribution in [0.2, 0.25) is 5.02 Å². The topological polar surface area (TPSA) is 95.5 Å². The molecule has 1 aromatic heterocycles. The number of aryl methyl sites for hydroxylation is 1. The van der Waals surface area contributed by atoms with Gasteiger partial charge in [-0.3, -0.25) is 10.0 Å². The Morgan fingerprint density at radius 2 is 1.84 bits per heavy atom. The third-order valence-electron chi connectivity index (χ3n) is 6.24. The first-order valence-electron chi connectivity index (χ1n) is 9.79. The molecule has 0 aliphatic heterocycles. The molecule has 0 unspecified atom stereocenters. The van der Waals surface area contributed by atoms with E-state index in [1.54, 1.807) is 23.7 Å². The van der Waals surface area contributed by atoms with Crippen molar-refractivity contribution in [2.75, 3.05) is 0 Å². The molecule has 1 saturated carbocycles. The van der Waals surface area contributed by atoms with Gasteiger partial charge >= 0.3 is 0 Å². The van der Waals surface area contributed by atoms with Crippen molar-refractivity contribution in [2.24, 2.45) is 5.92 Å². The average molecular weight is 475 g/mol. The number of rotatable bonds is 5. The molecule has 0 spiro atoms. The Morgan fingerprint density at radius 3 is 2.58 bits per heavy atom. The van der Waals surface area contributed by atoms with Gasteiger partial charge in [0.15, 0.2) is 0 Å². The lowest BCUT2D eigenvalue weighted by Crippen LogP contribution is -2.50. The number of halogens is 1. The molecule has 0 bridgehead atoms. The van der Waals surface area contributed by atoms with Crippen LogP contribution in [0.4, 0.5) is 0 Å². The van der Waals surface area contributed by atoms with Gasteiger partial charge in [0.05, 0.1) is 0 Å². The number of carbonyl (C=O) groups excluding carboxylic acids is 1. The van der Waals surface area contributed by atoms with E-state index in [-0.39, 0.29) is 16.0 Å². The molecule has 2 aromatic carbocycles. The van der Waals surface area contributed by atoms with Gasteiger partial charge in [-0.25, -0.2) is 13.9 Å². The number of hydrogen-bond acceptors (Lipinski definition) is 5. The van der Waals surface area contributed by atoms with Crippen LogP contribution in [0.1, 0.15) is 23.5 Å². The van der Waals surface area contributed by atoms with Gasteiger partial charge in [0, 0.05) is 15.8 Å². The molecule has 31 heavy (non-hydrogen) atoms. The van der Waals surface area contributed by atoms with Crippen LogP contribution in [0, 0.1) is 5.92 Å². The van der Waals surface area contributed by atoms with Gasteiger partial charge in [0.1, 0.15) is 9.75 Å². The average Bonchev–Trinajstić information content (AvgIpc) is 3.15. The van der Waals surface area contributed by atoms with Gasteiger partial charge in [-0.1, -0.05) is 48.0 Å². The van der Waals surface area contributed by atoms with Gasteiger partial charge < -0.3 is 0 Å². The van der Waals surface area contributed by atoms with E-state index in [0.29, 0.717) is 11.4 Å². The molecule has 1 heterocycles. The minimum Gasteiger partial charge on any atom is -0.289 e. The van der Waals surface area contributed by atoms with E-state index in [4.69, 9.17) is 11.6 Å². The second-order valence-corrected chi connectivity index (χ2v) is 11.3. The SMILES string of the molecule is O=C(NO)[C@]1(NS(=O)(=O)c2ccc(-c3ccc(Cl)cc3)s2)[C@@H]2c3ccccc3CC[C@@H]21. The first-order chi connectivity index (χ1) is 14.9. The maximum absolute atomic E-state index is 13.3. The summed E-state index contributed by atoms with van der Waals surface area (Å²) in [5.74, 6) is -1.24. The van der Waals surface area contributed by atoms with Crippen LogP contribution in [0.5, 0.6) is 0 Å². The first kappa shape index (κ1) is 20.7. The van der Waals surface area contributed by atoms with Gasteiger partial charge in [-0.15, -0.1) is 11.3 Å². The van der Waals surface area contributed by atoms with Gasteiger partial charge in [0.2, 0.25) is 0 Å². The summed E-state index contributed by atoms with van der Waals surface area (Å²) < 4.78 is 29.3. The predicted molar refractivity (Wildman–Crippen MR) is 119 cm³/mol. The van der Waals surface area contributed by atoms with Gasteiger partial charge in [0.25, 0.3) is 15.9 Å². The number of fused-ring (bicyclic) bond motifs is 3. The van der Waals surface area contributed by atoms with Crippen molar-refractivity contribution in [1.82, 2.24) is 10.2 Å². The summed E-state index contributed by atoms with van der Waals surface area (Å²) in [6.07, 6.45) is 1.43. The van der Waals surface area contributed by atoms with Gasteiger partial charge in [-0.2, -0.15) is 4.72 Å². The smallest absolute Gasteiger partial charge is 0.265 e. The molecule has 1 fully saturated rings. The largest absolute Gasteiger partial charge is 0.289 e. The highest BCUT2D eigenvalue weighted by Gasteiger charge is 2.72. The Balaban J connectivity index is 1.49. The molecule has 3 atom stereocenters. The van der Waals surface area contributed by atoms with E-state index in [1.807, 2.05) is 36.4 Å². The van der Waals surface area contributed by atoms with Crippen LogP contribution in [0.25, 0.3) is 10.4 Å². The minimum atomic E-state index is -4.00. The second kappa shape index (κ2) is 7.43. The highest BCUT2D eigenvalue weighted by atomic mass is 35.5. The fourth-order valence-corrected chi connectivity index (χ4v) is 7.65. The molecule has 6 nitrogen and oxygen atoms in total. The number of nitrogens with one attached hydrogen (secondary N) is 2. The molecule has 5 rings (SSSR count). The Morgan fingerprint density at radius 1 is 1.10 bits per heavy atom. The standard InChI is InChI=1S/C22H19ClN2O4S2/c23-15-8-5-14(6-9-15)18-11-12-19(30-18)31(28,29)25-22(21(26)24-27)17-10-7-13-3-1-2-4-16(13)20(17)22/h1-6,8-9,11-12,17,20,25,27H,7,10H2,(H,24,26)/t17-,20+,22+/m0/s1. The van der Waals surface area contributed by atoms with Crippen LogP contribution in [-0.2, 0) is 21.2 Å². The maximum atomic E-state index is 13.3. The summed E-state index contributed by atoms with van der Waals surface area (Å²) in [6.45, 7) is 0. The lowest BCUT2D eigenvalue weighted by molar-refractivity contribution is -0.132. The van der Waals surface area contributed by atoms with Crippen LogP contribution in [0.3, 0.4) is 0 Å². The summed E-state index contributed by atoms with van der Waals surface area (Å²) in [4.78, 5) is 13.5. The maximum Gasteiger partial charge on any atom is 0.265 e. The van der Waals surface area contributed by atoms with Crippen molar-refractivity contribution in [3.8, 4) is 10.4 Å². The normalized spacial score (nSPS) is 24.2. The molecule has 2 aliphatic carbocycles. The lowest BCUT2D eigenvalue weighted by atomic mass is 9.92. The van der Waals surface area contributed by atoms with E-state index in [0.717, 1.165) is 39.3 Å². The number of amides is 1. The summed E-state index contributed by atoms with van der Waals surface area (Å²) in [6, 6.07) is 18.1. The van der Waals surface area contributed by atoms with Crippen LogP contribution >= 0.6 is 22.9 Å². The van der Waals surface area contributed by atoms with E-state index in [9.17, 15) is 18.4 Å². The molecular formula is C22H19ClN2O4S2. The van der Waals surface area contributed by atoms with Crippen molar-refractivity contribution in [2.45, 2.75) is 28.5 Å². The quantitative estimate of drug-likeness (QED) is 0.385. The fourth-order valence-electron chi connectivity index (χ4n) is 4.79. The number of thiophene rings is 1. The Kier molecular flexibility index (Phi) is 4.95. The Hall–Kier alpha value is -2.23. The van der Waals surface area contributed by atoms with Crippen molar-refractivity contribution in [1.29, 1.82) is 0 Å². The lowest BCUT2D eigenvalue weighted by Gasteiger charge is -2.17. The molecule has 3 aromatic rings. The van der Waals surface area contributed by atoms with E-state index >= 15 is 0 Å². The van der Waals surface area contributed by atoms with Crippen LogP contribution in [0.15, 0.2) is 64.9 Å². The third kappa shape index (κ3) is 3.30. The number of carbonyl (C=O) groups is 1. The van der Waals surface area contributed by atoms with Crippen molar-refractivity contribution < 1.29 is 18.4 Å². The number of hydroxylamine groups is 1. The molecular weight excluding hydrogens is 456 g/mol. The molecule has 2 aliphatic rings. The monoisotopic (exact) mass is 474 g/mol.